The summed E-state index contributed by atoms with van der Waals surface area (Å²) in [5, 5.41) is 18.2. The van der Waals surface area contributed by atoms with Crippen LogP contribution in [0.25, 0.3) is 22.6 Å². The molecule has 9 heteroatoms. The zero-order valence-corrected chi connectivity index (χ0v) is 23.3. The van der Waals surface area contributed by atoms with Crippen LogP contribution >= 0.6 is 0 Å². The highest BCUT2D eigenvalue weighted by molar-refractivity contribution is 5.97. The smallest absolute Gasteiger partial charge is 0.165 e. The van der Waals surface area contributed by atoms with Crippen LogP contribution in [-0.2, 0) is 11.2 Å². The highest BCUT2D eigenvalue weighted by Crippen LogP contribution is 2.27. The number of hydrogen-bond donors (Lipinski definition) is 0. The third-order valence-corrected chi connectivity index (χ3v) is 7.16. The average Bonchev–Trinajstić information content (AvgIpc) is 3.52. The second-order valence-corrected chi connectivity index (χ2v) is 10.3. The Labute approximate surface area is 234 Å². The molecule has 0 atom stereocenters. The van der Waals surface area contributed by atoms with Crippen molar-refractivity contribution in [3.05, 3.63) is 89.0 Å². The van der Waals surface area contributed by atoms with Crippen LogP contribution in [0.1, 0.15) is 47.6 Å². The van der Waals surface area contributed by atoms with E-state index in [0.29, 0.717) is 23.2 Å². The average molecular weight is 536 g/mol. The second kappa shape index (κ2) is 11.8. The van der Waals surface area contributed by atoms with Crippen molar-refractivity contribution in [2.45, 2.75) is 39.7 Å². The van der Waals surface area contributed by atoms with Gasteiger partial charge in [-0.15, -0.1) is 0 Å². The number of aryl methyl sites for hydroxylation is 2. The van der Waals surface area contributed by atoms with Crippen molar-refractivity contribution in [1.82, 2.24) is 29.3 Å². The lowest BCUT2D eigenvalue weighted by Crippen LogP contribution is -2.52. The van der Waals surface area contributed by atoms with Gasteiger partial charge in [0.1, 0.15) is 6.07 Å². The van der Waals surface area contributed by atoms with E-state index in [2.05, 4.69) is 52.4 Å². The Balaban J connectivity index is 1.29. The lowest BCUT2D eigenvalue weighted by Gasteiger charge is -2.38. The lowest BCUT2D eigenvalue weighted by atomic mass is 10.1. The van der Waals surface area contributed by atoms with Crippen molar-refractivity contribution >= 4 is 11.3 Å². The van der Waals surface area contributed by atoms with E-state index >= 15 is 0 Å². The van der Waals surface area contributed by atoms with Gasteiger partial charge in [-0.2, -0.15) is 15.5 Å². The van der Waals surface area contributed by atoms with Gasteiger partial charge in [0.05, 0.1) is 29.1 Å². The largest absolute Gasteiger partial charge is 0.379 e. The van der Waals surface area contributed by atoms with Crippen molar-refractivity contribution < 1.29 is 9.53 Å². The second-order valence-electron chi connectivity index (χ2n) is 10.3. The van der Waals surface area contributed by atoms with Crippen LogP contribution in [-0.4, -0.2) is 67.9 Å². The third kappa shape index (κ3) is 5.78. The normalized spacial score (nSPS) is 14.6. The Bertz CT molecular complexity index is 1650. The van der Waals surface area contributed by atoms with Crippen LogP contribution in [0, 0.1) is 18.3 Å². The first-order valence-electron chi connectivity index (χ1n) is 13.4. The monoisotopic (exact) mass is 535 g/mol. The van der Waals surface area contributed by atoms with Gasteiger partial charge >= 0.3 is 0 Å². The maximum Gasteiger partial charge on any atom is 0.165 e. The predicted molar refractivity (Wildman–Crippen MR) is 153 cm³/mol. The first-order valence-corrected chi connectivity index (χ1v) is 13.4. The first kappa shape index (κ1) is 27.2. The minimum atomic E-state index is -0.122. The molecule has 40 heavy (non-hydrogen) atoms. The molecule has 5 rings (SSSR count). The number of carbonyl (C=O) groups is 1. The molecular weight excluding hydrogens is 502 g/mol. The number of hydrogen-bond acceptors (Lipinski definition) is 7. The minimum absolute atomic E-state index is 0.122. The van der Waals surface area contributed by atoms with Gasteiger partial charge in [-0.05, 0) is 63.4 Å². The summed E-state index contributed by atoms with van der Waals surface area (Å²) >= 11 is 0. The topological polar surface area (TPSA) is 101 Å². The Morgan fingerprint density at radius 1 is 1.23 bits per heavy atom. The third-order valence-electron chi connectivity index (χ3n) is 7.16. The summed E-state index contributed by atoms with van der Waals surface area (Å²) in [6.07, 6.45) is 12.6. The molecule has 0 amide bonds. The summed E-state index contributed by atoms with van der Waals surface area (Å²) in [5.41, 5.74) is 6.43. The number of likely N-dealkylation sites (tertiary alicyclic amines) is 1. The van der Waals surface area contributed by atoms with Crippen LogP contribution in [0.3, 0.4) is 0 Å². The highest BCUT2D eigenvalue weighted by atomic mass is 16.5. The number of aromatic nitrogens is 5. The lowest BCUT2D eigenvalue weighted by molar-refractivity contribution is -0.0244. The van der Waals surface area contributed by atoms with Crippen molar-refractivity contribution in [2.24, 2.45) is 0 Å². The summed E-state index contributed by atoms with van der Waals surface area (Å²) in [7, 11) is 1.77. The Morgan fingerprint density at radius 3 is 2.77 bits per heavy atom. The Kier molecular flexibility index (Phi) is 8.01. The summed E-state index contributed by atoms with van der Waals surface area (Å²) in [4.78, 5) is 19.5. The molecule has 0 saturated carbocycles. The molecule has 1 saturated heterocycles. The van der Waals surface area contributed by atoms with E-state index in [1.165, 1.54) is 18.1 Å². The van der Waals surface area contributed by atoms with Gasteiger partial charge in [-0.25, -0.2) is 14.2 Å². The van der Waals surface area contributed by atoms with Gasteiger partial charge in [-0.1, -0.05) is 29.9 Å². The maximum absolute atomic E-state index is 12.3. The number of fused-ring (bicyclic) bond motifs is 1. The molecule has 1 fully saturated rings. The molecule has 4 aromatic rings. The molecule has 4 aromatic heterocycles. The predicted octanol–water partition coefficient (Wildman–Crippen LogP) is 4.73. The quantitative estimate of drug-likeness (QED) is 0.214. The molecule has 0 N–H and O–H groups in total. The number of Topliss-reactive ketones (excluding diaryl/α,β-unsaturated/α-hetero) is 1. The zero-order valence-electron chi connectivity index (χ0n) is 23.3. The number of pyridine rings is 2. The van der Waals surface area contributed by atoms with E-state index in [-0.39, 0.29) is 11.5 Å². The summed E-state index contributed by atoms with van der Waals surface area (Å²) in [5.74, 6) is 0.281. The number of ether oxygens (including phenoxy) is 1. The molecular formula is C31H33N7O2. The van der Waals surface area contributed by atoms with Gasteiger partial charge in [0.2, 0.25) is 0 Å². The SMILES string of the molecule is COC1CN(C/C(C)=C/C=C/CCc2ccc3c(-c4ccc(C(C)=O)c(-n5nc(C#N)cc5C)n4)cnn3c2)C1. The van der Waals surface area contributed by atoms with Crippen molar-refractivity contribution in [1.29, 1.82) is 5.26 Å². The van der Waals surface area contributed by atoms with E-state index in [9.17, 15) is 10.1 Å². The van der Waals surface area contributed by atoms with Crippen LogP contribution in [0.4, 0.5) is 0 Å². The molecule has 5 heterocycles. The number of ketones is 1. The van der Waals surface area contributed by atoms with Crippen molar-refractivity contribution in [3.63, 3.8) is 0 Å². The standard InChI is InChI=1S/C31H33N7O2/c1-21(17-36-19-26(20-36)40-4)8-6-5-7-9-24-10-13-30-28(16-33-37(30)18-24)29-12-11-27(23(3)39)31(34-29)38-22(2)14-25(15-32)35-38/h5-6,8,10-14,16,18,26H,7,9,17,19-20H2,1-4H3/b6-5+,21-8+. The number of nitrogens with zero attached hydrogens (tertiary/aromatic N) is 7. The molecule has 9 nitrogen and oxygen atoms in total. The van der Waals surface area contributed by atoms with Gasteiger partial charge in [0.25, 0.3) is 0 Å². The summed E-state index contributed by atoms with van der Waals surface area (Å²) in [6.45, 7) is 8.50. The molecule has 0 radical (unpaired) electrons. The van der Waals surface area contributed by atoms with Crippen LogP contribution < -0.4 is 0 Å². The molecule has 0 unspecified atom stereocenters. The van der Waals surface area contributed by atoms with E-state index in [4.69, 9.17) is 9.72 Å². The number of methoxy groups -OCH3 is 1. The van der Waals surface area contributed by atoms with E-state index in [1.54, 1.807) is 30.1 Å². The number of carbonyl (C=O) groups excluding carboxylic acids is 1. The van der Waals surface area contributed by atoms with Gasteiger partial charge in [-0.3, -0.25) is 9.69 Å². The van der Waals surface area contributed by atoms with Crippen LogP contribution in [0.2, 0.25) is 0 Å². The van der Waals surface area contributed by atoms with E-state index < -0.39 is 0 Å². The van der Waals surface area contributed by atoms with Gasteiger partial charge in [0.15, 0.2) is 17.3 Å². The molecule has 0 spiro atoms. The number of nitriles is 1. The Morgan fingerprint density at radius 2 is 2.05 bits per heavy atom. The molecule has 0 aromatic carbocycles. The van der Waals surface area contributed by atoms with E-state index in [1.807, 2.05) is 29.8 Å². The van der Waals surface area contributed by atoms with Crippen molar-refractivity contribution in [2.75, 3.05) is 26.7 Å². The van der Waals surface area contributed by atoms with E-state index in [0.717, 1.165) is 49.2 Å². The maximum atomic E-state index is 12.3. The van der Waals surface area contributed by atoms with Crippen molar-refractivity contribution in [3.8, 4) is 23.1 Å². The molecule has 1 aliphatic heterocycles. The number of allylic oxidation sites excluding steroid dienone is 3. The summed E-state index contributed by atoms with van der Waals surface area (Å²) < 4.78 is 8.75. The highest BCUT2D eigenvalue weighted by Gasteiger charge is 2.25. The van der Waals surface area contributed by atoms with Crippen LogP contribution in [0.15, 0.2) is 66.5 Å². The molecule has 0 aliphatic carbocycles. The minimum Gasteiger partial charge on any atom is -0.379 e. The Hall–Kier alpha value is -4.39. The summed E-state index contributed by atoms with van der Waals surface area (Å²) in [6, 6.07) is 11.5. The fourth-order valence-electron chi connectivity index (χ4n) is 4.93. The molecule has 204 valence electrons. The first-order chi connectivity index (χ1) is 19.4. The van der Waals surface area contributed by atoms with Crippen LogP contribution in [0.5, 0.6) is 0 Å². The van der Waals surface area contributed by atoms with Gasteiger partial charge < -0.3 is 4.74 Å². The fraction of sp³-hybridized carbons (Fsp3) is 0.323. The number of rotatable bonds is 10. The zero-order chi connectivity index (χ0) is 28.2. The molecule has 0 bridgehead atoms. The molecule has 1 aliphatic rings. The van der Waals surface area contributed by atoms with Gasteiger partial charge in [0, 0.05) is 44.2 Å². The fourth-order valence-corrected chi connectivity index (χ4v) is 4.93.